The van der Waals surface area contributed by atoms with Crippen molar-refractivity contribution in [1.29, 1.82) is 0 Å². The van der Waals surface area contributed by atoms with Crippen LogP contribution in [0.1, 0.15) is 25.0 Å². The van der Waals surface area contributed by atoms with Crippen LogP contribution in [0.25, 0.3) is 11.3 Å². The molecule has 210 valence electrons. The standard InChI is InChI=1S/C23H27N5O3S.C2HF3O2/c1-30-21-6-9-24-13-19(21)20-3-2-4-22(27-20)28-11-7-17(8-12-28)5-10-25-23(29)31-14-18-15-32-16-26-18;3-2(4,5)1(6)7/h2-4,6,9,13,15-17H,5,7-8,10-12,14H2,1H3,(H,25,29);(H,6,7). The minimum absolute atomic E-state index is 0.213. The van der Waals surface area contributed by atoms with Crippen LogP contribution < -0.4 is 15.0 Å². The summed E-state index contributed by atoms with van der Waals surface area (Å²) in [7, 11) is 1.66. The first-order valence-corrected chi connectivity index (χ1v) is 12.9. The molecule has 0 bridgehead atoms. The average molecular weight is 568 g/mol. The minimum atomic E-state index is -5.08. The number of alkyl halides is 3. The van der Waals surface area contributed by atoms with Gasteiger partial charge in [-0.15, -0.1) is 11.3 Å². The summed E-state index contributed by atoms with van der Waals surface area (Å²) in [4.78, 5) is 36.2. The van der Waals surface area contributed by atoms with E-state index in [2.05, 4.69) is 20.2 Å². The van der Waals surface area contributed by atoms with Gasteiger partial charge >= 0.3 is 18.2 Å². The first kappa shape index (κ1) is 29.6. The molecular weight excluding hydrogens is 539 g/mol. The lowest BCUT2D eigenvalue weighted by molar-refractivity contribution is -0.192. The van der Waals surface area contributed by atoms with Crippen LogP contribution in [0, 0.1) is 5.92 Å². The maximum Gasteiger partial charge on any atom is 0.490 e. The van der Waals surface area contributed by atoms with E-state index in [1.807, 2.05) is 29.6 Å². The molecule has 2 N–H and O–H groups in total. The van der Waals surface area contributed by atoms with Crippen LogP contribution >= 0.6 is 11.3 Å². The maximum atomic E-state index is 11.8. The molecule has 39 heavy (non-hydrogen) atoms. The number of methoxy groups -OCH3 is 1. The summed E-state index contributed by atoms with van der Waals surface area (Å²) < 4.78 is 42.4. The Morgan fingerprint density at radius 3 is 2.62 bits per heavy atom. The van der Waals surface area contributed by atoms with E-state index in [1.54, 1.807) is 25.0 Å². The van der Waals surface area contributed by atoms with Crippen LogP contribution in [-0.4, -0.2) is 65.0 Å². The topological polar surface area (TPSA) is 127 Å². The van der Waals surface area contributed by atoms with Gasteiger partial charge in [0.1, 0.15) is 18.2 Å². The molecule has 3 aromatic heterocycles. The monoisotopic (exact) mass is 567 g/mol. The summed E-state index contributed by atoms with van der Waals surface area (Å²) in [6, 6.07) is 7.90. The number of alkyl carbamates (subject to hydrolysis) is 1. The summed E-state index contributed by atoms with van der Waals surface area (Å²) in [5, 5.41) is 11.8. The smallest absolute Gasteiger partial charge is 0.490 e. The highest BCUT2D eigenvalue weighted by atomic mass is 32.1. The van der Waals surface area contributed by atoms with Gasteiger partial charge in [0.15, 0.2) is 0 Å². The molecule has 0 atom stereocenters. The van der Waals surface area contributed by atoms with Crippen LogP contribution in [0.2, 0.25) is 0 Å². The molecule has 0 aromatic carbocycles. The van der Waals surface area contributed by atoms with Crippen molar-refractivity contribution >= 4 is 29.2 Å². The number of thiazole rings is 1. The van der Waals surface area contributed by atoms with E-state index < -0.39 is 12.1 Å². The molecule has 0 spiro atoms. The lowest BCUT2D eigenvalue weighted by Gasteiger charge is -2.33. The molecular formula is C25H28F3N5O5S. The number of nitrogens with one attached hydrogen (secondary N) is 1. The van der Waals surface area contributed by atoms with Crippen molar-refractivity contribution in [3.8, 4) is 17.0 Å². The number of ether oxygens (including phenoxy) is 2. The quantitative estimate of drug-likeness (QED) is 0.396. The number of nitrogens with zero attached hydrogens (tertiary/aromatic N) is 4. The van der Waals surface area contributed by atoms with Crippen molar-refractivity contribution in [2.75, 3.05) is 31.6 Å². The number of amides is 1. The van der Waals surface area contributed by atoms with Gasteiger partial charge in [-0.05, 0) is 43.4 Å². The maximum absolute atomic E-state index is 11.8. The normalized spacial score (nSPS) is 13.7. The molecule has 1 amide bonds. The Hall–Kier alpha value is -3.94. The van der Waals surface area contributed by atoms with E-state index in [0.29, 0.717) is 12.5 Å². The van der Waals surface area contributed by atoms with Crippen molar-refractivity contribution < 1.29 is 37.3 Å². The molecule has 0 saturated carbocycles. The number of hydrogen-bond donors (Lipinski definition) is 2. The Balaban J connectivity index is 0.000000532. The second kappa shape index (κ2) is 14.3. The van der Waals surface area contributed by atoms with Gasteiger partial charge in [-0.25, -0.2) is 19.6 Å². The molecule has 1 aliphatic rings. The fourth-order valence-corrected chi connectivity index (χ4v) is 4.37. The minimum Gasteiger partial charge on any atom is -0.496 e. The predicted molar refractivity (Wildman–Crippen MR) is 138 cm³/mol. The fourth-order valence-electron chi connectivity index (χ4n) is 3.83. The number of anilines is 1. The zero-order valence-corrected chi connectivity index (χ0v) is 21.9. The lowest BCUT2D eigenvalue weighted by atomic mass is 9.93. The number of rotatable bonds is 8. The van der Waals surface area contributed by atoms with Gasteiger partial charge in [-0.3, -0.25) is 4.98 Å². The van der Waals surface area contributed by atoms with Gasteiger partial charge in [0.25, 0.3) is 0 Å². The van der Waals surface area contributed by atoms with E-state index in [9.17, 15) is 18.0 Å². The third-order valence-electron chi connectivity index (χ3n) is 5.85. The van der Waals surface area contributed by atoms with Crippen LogP contribution in [0.5, 0.6) is 5.75 Å². The highest BCUT2D eigenvalue weighted by Crippen LogP contribution is 2.30. The molecule has 14 heteroatoms. The fraction of sp³-hybridized carbons (Fsp3) is 0.400. The number of pyridine rings is 2. The van der Waals surface area contributed by atoms with Crippen LogP contribution in [0.3, 0.4) is 0 Å². The molecule has 1 aliphatic heterocycles. The summed E-state index contributed by atoms with van der Waals surface area (Å²) in [6.07, 6.45) is 1.11. The van der Waals surface area contributed by atoms with Gasteiger partial charge in [0.2, 0.25) is 0 Å². The number of carbonyl (C=O) groups is 2. The van der Waals surface area contributed by atoms with E-state index in [0.717, 1.165) is 60.9 Å². The Morgan fingerprint density at radius 2 is 1.97 bits per heavy atom. The zero-order valence-electron chi connectivity index (χ0n) is 21.1. The third kappa shape index (κ3) is 9.39. The Labute approximate surface area is 226 Å². The molecule has 1 saturated heterocycles. The van der Waals surface area contributed by atoms with E-state index >= 15 is 0 Å². The molecule has 3 aromatic rings. The molecule has 4 rings (SSSR count). The first-order chi connectivity index (χ1) is 18.7. The van der Waals surface area contributed by atoms with Crippen molar-refractivity contribution in [2.45, 2.75) is 32.0 Å². The average Bonchev–Trinajstić information content (AvgIpc) is 3.46. The summed E-state index contributed by atoms with van der Waals surface area (Å²) >= 11 is 1.49. The number of piperidine rings is 1. The summed E-state index contributed by atoms with van der Waals surface area (Å²) in [5.74, 6) is -0.448. The Morgan fingerprint density at radius 1 is 1.23 bits per heavy atom. The van der Waals surface area contributed by atoms with Gasteiger partial charge in [-0.1, -0.05) is 6.07 Å². The van der Waals surface area contributed by atoms with E-state index in [1.165, 1.54) is 11.3 Å². The number of aromatic nitrogens is 3. The summed E-state index contributed by atoms with van der Waals surface area (Å²) in [6.45, 7) is 2.72. The van der Waals surface area contributed by atoms with Crippen molar-refractivity contribution in [2.24, 2.45) is 5.92 Å². The summed E-state index contributed by atoms with van der Waals surface area (Å²) in [5.41, 5.74) is 4.25. The van der Waals surface area contributed by atoms with E-state index in [-0.39, 0.29) is 12.7 Å². The van der Waals surface area contributed by atoms with Gasteiger partial charge in [0.05, 0.1) is 29.6 Å². The molecule has 4 heterocycles. The lowest BCUT2D eigenvalue weighted by Crippen LogP contribution is -2.35. The Kier molecular flexibility index (Phi) is 10.8. The number of hydrogen-bond acceptors (Lipinski definition) is 9. The molecule has 0 aliphatic carbocycles. The zero-order chi connectivity index (χ0) is 28.3. The number of halogens is 3. The number of carbonyl (C=O) groups excluding carboxylic acids is 1. The highest BCUT2D eigenvalue weighted by Gasteiger charge is 2.38. The largest absolute Gasteiger partial charge is 0.496 e. The van der Waals surface area contributed by atoms with Crippen LogP contribution in [-0.2, 0) is 16.1 Å². The van der Waals surface area contributed by atoms with Gasteiger partial charge in [-0.2, -0.15) is 13.2 Å². The molecule has 0 unspecified atom stereocenters. The Bertz CT molecular complexity index is 1200. The second-order valence-electron chi connectivity index (χ2n) is 8.46. The predicted octanol–water partition coefficient (Wildman–Crippen LogP) is 4.77. The van der Waals surface area contributed by atoms with Gasteiger partial charge in [0, 0.05) is 37.4 Å². The molecule has 1 fully saturated rings. The van der Waals surface area contributed by atoms with E-state index in [4.69, 9.17) is 24.4 Å². The highest BCUT2D eigenvalue weighted by molar-refractivity contribution is 7.07. The SMILES string of the molecule is COc1ccncc1-c1cccc(N2CCC(CCNC(=O)OCc3cscn3)CC2)n1.O=C(O)C(F)(F)F. The second-order valence-corrected chi connectivity index (χ2v) is 9.18. The van der Waals surface area contributed by atoms with Crippen molar-refractivity contribution in [1.82, 2.24) is 20.3 Å². The van der Waals surface area contributed by atoms with Crippen LogP contribution in [0.15, 0.2) is 47.5 Å². The van der Waals surface area contributed by atoms with Crippen molar-refractivity contribution in [3.05, 3.63) is 53.2 Å². The van der Waals surface area contributed by atoms with Crippen molar-refractivity contribution in [3.63, 3.8) is 0 Å². The number of aliphatic carboxylic acids is 1. The number of carboxylic acids is 1. The molecule has 10 nitrogen and oxygen atoms in total. The first-order valence-electron chi connectivity index (χ1n) is 12.0. The number of carboxylic acid groups (broad SMARTS) is 1. The van der Waals surface area contributed by atoms with Gasteiger partial charge < -0.3 is 24.8 Å². The van der Waals surface area contributed by atoms with Crippen LogP contribution in [0.4, 0.5) is 23.8 Å². The third-order valence-corrected chi connectivity index (χ3v) is 6.48. The molecule has 0 radical (unpaired) electrons.